The Morgan fingerprint density at radius 2 is 2.07 bits per heavy atom. The highest BCUT2D eigenvalue weighted by molar-refractivity contribution is 5.81. The summed E-state index contributed by atoms with van der Waals surface area (Å²) < 4.78 is 1.82. The molecule has 1 aliphatic heterocycles. The number of nitrogens with one attached hydrogen (secondary N) is 1. The van der Waals surface area contributed by atoms with Gasteiger partial charge in [0, 0.05) is 38.4 Å². The van der Waals surface area contributed by atoms with Crippen molar-refractivity contribution in [3.05, 3.63) is 48.3 Å². The smallest absolute Gasteiger partial charge is 0.224 e. The summed E-state index contributed by atoms with van der Waals surface area (Å²) in [7, 11) is 0. The van der Waals surface area contributed by atoms with Crippen molar-refractivity contribution in [1.29, 1.82) is 0 Å². The number of amides is 2. The molecule has 27 heavy (non-hydrogen) atoms. The van der Waals surface area contributed by atoms with Gasteiger partial charge in [-0.05, 0) is 49.4 Å². The molecule has 6 nitrogen and oxygen atoms in total. The lowest BCUT2D eigenvalue weighted by Gasteiger charge is -2.32. The van der Waals surface area contributed by atoms with E-state index in [1.807, 2.05) is 40.9 Å². The van der Waals surface area contributed by atoms with Crippen LogP contribution < -0.4 is 5.32 Å². The van der Waals surface area contributed by atoms with Crippen LogP contribution >= 0.6 is 0 Å². The maximum atomic E-state index is 12.5. The van der Waals surface area contributed by atoms with Gasteiger partial charge < -0.3 is 10.2 Å². The van der Waals surface area contributed by atoms with Crippen molar-refractivity contribution in [1.82, 2.24) is 20.0 Å². The monoisotopic (exact) mass is 368 g/mol. The van der Waals surface area contributed by atoms with E-state index >= 15 is 0 Å². The molecule has 0 saturated carbocycles. The number of hydrogen-bond acceptors (Lipinski definition) is 3. The van der Waals surface area contributed by atoms with Crippen LogP contribution in [0.25, 0.3) is 5.69 Å². The van der Waals surface area contributed by atoms with Gasteiger partial charge in [0.05, 0.1) is 11.6 Å². The van der Waals surface area contributed by atoms with Crippen molar-refractivity contribution in [3.63, 3.8) is 0 Å². The van der Waals surface area contributed by atoms with E-state index in [1.165, 1.54) is 5.56 Å². The molecule has 1 aliphatic rings. The van der Waals surface area contributed by atoms with Crippen molar-refractivity contribution >= 4 is 11.8 Å². The second kappa shape index (κ2) is 9.35. The van der Waals surface area contributed by atoms with Crippen LogP contribution in [0.4, 0.5) is 0 Å². The third kappa shape index (κ3) is 5.18. The van der Waals surface area contributed by atoms with Crippen molar-refractivity contribution in [2.75, 3.05) is 19.6 Å². The molecule has 0 aliphatic carbocycles. The first-order valence-corrected chi connectivity index (χ1v) is 9.82. The Morgan fingerprint density at radius 3 is 2.78 bits per heavy atom. The normalized spacial score (nSPS) is 16.9. The van der Waals surface area contributed by atoms with Crippen molar-refractivity contribution in [2.45, 2.75) is 39.0 Å². The molecule has 2 aromatic rings. The Kier molecular flexibility index (Phi) is 6.63. The number of benzene rings is 1. The molecule has 0 bridgehead atoms. The Morgan fingerprint density at radius 1 is 1.26 bits per heavy atom. The summed E-state index contributed by atoms with van der Waals surface area (Å²) in [6.45, 7) is 3.96. The zero-order valence-corrected chi connectivity index (χ0v) is 15.9. The minimum atomic E-state index is -0.0817. The summed E-state index contributed by atoms with van der Waals surface area (Å²) in [5.74, 6) is 0.158. The molecule has 1 saturated heterocycles. The molecule has 0 unspecified atom stereocenters. The van der Waals surface area contributed by atoms with Gasteiger partial charge in [-0.2, -0.15) is 5.10 Å². The van der Waals surface area contributed by atoms with E-state index < -0.39 is 0 Å². The summed E-state index contributed by atoms with van der Waals surface area (Å²) >= 11 is 0. The van der Waals surface area contributed by atoms with Crippen LogP contribution in [0.1, 0.15) is 38.2 Å². The van der Waals surface area contributed by atoms with Crippen molar-refractivity contribution in [2.24, 2.45) is 5.92 Å². The van der Waals surface area contributed by atoms with Gasteiger partial charge in [-0.3, -0.25) is 9.59 Å². The second-order valence-corrected chi connectivity index (χ2v) is 7.09. The second-order valence-electron chi connectivity index (χ2n) is 7.09. The fourth-order valence-corrected chi connectivity index (χ4v) is 3.50. The number of carbonyl (C=O) groups is 2. The molecule has 1 fully saturated rings. The van der Waals surface area contributed by atoms with Gasteiger partial charge in [0.1, 0.15) is 0 Å². The number of carbonyl (C=O) groups excluding carboxylic acids is 2. The van der Waals surface area contributed by atoms with E-state index in [2.05, 4.69) is 22.5 Å². The van der Waals surface area contributed by atoms with Gasteiger partial charge in [0.25, 0.3) is 0 Å². The zero-order valence-electron chi connectivity index (χ0n) is 15.9. The lowest BCUT2D eigenvalue weighted by molar-refractivity contribution is -0.135. The van der Waals surface area contributed by atoms with Crippen LogP contribution in [-0.4, -0.2) is 46.1 Å². The molecule has 2 amide bonds. The van der Waals surface area contributed by atoms with E-state index in [-0.39, 0.29) is 17.7 Å². The number of likely N-dealkylation sites (tertiary alicyclic amines) is 1. The van der Waals surface area contributed by atoms with Gasteiger partial charge in [0.15, 0.2) is 0 Å². The van der Waals surface area contributed by atoms with Crippen molar-refractivity contribution < 1.29 is 9.59 Å². The van der Waals surface area contributed by atoms with Gasteiger partial charge in [-0.1, -0.05) is 19.1 Å². The van der Waals surface area contributed by atoms with Gasteiger partial charge >= 0.3 is 0 Å². The zero-order chi connectivity index (χ0) is 19.1. The van der Waals surface area contributed by atoms with Crippen LogP contribution in [-0.2, 0) is 16.0 Å². The fourth-order valence-electron chi connectivity index (χ4n) is 3.50. The first kappa shape index (κ1) is 19.1. The summed E-state index contributed by atoms with van der Waals surface area (Å²) in [6.07, 6.45) is 7.65. The maximum absolute atomic E-state index is 12.5. The molecule has 1 aromatic carbocycles. The highest BCUT2D eigenvalue weighted by Crippen LogP contribution is 2.18. The lowest BCUT2D eigenvalue weighted by atomic mass is 9.96. The van der Waals surface area contributed by atoms with Gasteiger partial charge in [0.2, 0.25) is 11.8 Å². The summed E-state index contributed by atoms with van der Waals surface area (Å²) in [4.78, 5) is 26.4. The summed E-state index contributed by atoms with van der Waals surface area (Å²) in [5, 5.41) is 7.26. The third-order valence-electron chi connectivity index (χ3n) is 5.03. The van der Waals surface area contributed by atoms with Gasteiger partial charge in [-0.25, -0.2) is 4.68 Å². The Labute approximate surface area is 160 Å². The molecular formula is C21H28N4O2. The molecule has 1 N–H and O–H groups in total. The first-order chi connectivity index (χ1) is 13.2. The van der Waals surface area contributed by atoms with Gasteiger partial charge in [-0.15, -0.1) is 0 Å². The minimum absolute atomic E-state index is 0.0668. The molecule has 2 heterocycles. The van der Waals surface area contributed by atoms with E-state index in [0.29, 0.717) is 19.5 Å². The summed E-state index contributed by atoms with van der Waals surface area (Å²) in [5.41, 5.74) is 2.20. The lowest BCUT2D eigenvalue weighted by Crippen LogP contribution is -2.45. The average molecular weight is 368 g/mol. The van der Waals surface area contributed by atoms with Crippen LogP contribution in [0.3, 0.4) is 0 Å². The molecule has 1 atom stereocenters. The van der Waals surface area contributed by atoms with Crippen LogP contribution in [0.2, 0.25) is 0 Å². The highest BCUT2D eigenvalue weighted by Gasteiger charge is 2.27. The predicted molar refractivity (Wildman–Crippen MR) is 104 cm³/mol. The molecule has 6 heteroatoms. The summed E-state index contributed by atoms with van der Waals surface area (Å²) in [6, 6.07) is 10.1. The van der Waals surface area contributed by atoms with E-state index in [9.17, 15) is 9.59 Å². The minimum Gasteiger partial charge on any atom is -0.355 e. The highest BCUT2D eigenvalue weighted by atomic mass is 16.2. The SMILES string of the molecule is CCCC(=O)N1CCC[C@@H](C(=O)NCCc2ccc(-n3cccn3)cc2)C1. The fraction of sp³-hybridized carbons (Fsp3) is 0.476. The topological polar surface area (TPSA) is 67.2 Å². The number of piperidine rings is 1. The molecule has 3 rings (SSSR count). The molecule has 0 spiro atoms. The van der Waals surface area contributed by atoms with E-state index in [4.69, 9.17) is 0 Å². The first-order valence-electron chi connectivity index (χ1n) is 9.82. The standard InChI is InChI=1S/C21H28N4O2/c1-2-5-20(26)24-14-3-6-18(16-24)21(27)22-13-11-17-7-9-19(10-8-17)25-15-4-12-23-25/h4,7-10,12,15,18H,2-3,5-6,11,13-14,16H2,1H3,(H,22,27)/t18-/m1/s1. The Balaban J connectivity index is 1.44. The molecule has 0 radical (unpaired) electrons. The van der Waals surface area contributed by atoms with Crippen molar-refractivity contribution in [3.8, 4) is 5.69 Å². The molecule has 144 valence electrons. The largest absolute Gasteiger partial charge is 0.355 e. The number of rotatable bonds is 7. The van der Waals surface area contributed by atoms with Crippen LogP contribution in [0.15, 0.2) is 42.7 Å². The Bertz CT molecular complexity index is 740. The van der Waals surface area contributed by atoms with E-state index in [0.717, 1.165) is 37.9 Å². The predicted octanol–water partition coefficient (Wildman–Crippen LogP) is 2.57. The van der Waals surface area contributed by atoms with Crippen LogP contribution in [0.5, 0.6) is 0 Å². The number of aromatic nitrogens is 2. The average Bonchev–Trinajstić information content (AvgIpc) is 3.23. The molecular weight excluding hydrogens is 340 g/mol. The van der Waals surface area contributed by atoms with Crippen LogP contribution in [0, 0.1) is 5.92 Å². The number of hydrogen-bond donors (Lipinski definition) is 1. The quantitative estimate of drug-likeness (QED) is 0.817. The third-order valence-corrected chi connectivity index (χ3v) is 5.03. The molecule has 1 aromatic heterocycles. The maximum Gasteiger partial charge on any atom is 0.224 e. The van der Waals surface area contributed by atoms with E-state index in [1.54, 1.807) is 6.20 Å². The number of nitrogens with zero attached hydrogens (tertiary/aromatic N) is 3. The Hall–Kier alpha value is -2.63.